The number of anilines is 1. The minimum Gasteiger partial charge on any atom is -0.379 e. The summed E-state index contributed by atoms with van der Waals surface area (Å²) in [6.07, 6.45) is 3.28. The summed E-state index contributed by atoms with van der Waals surface area (Å²) in [5.74, 6) is 0.954. The van der Waals surface area contributed by atoms with E-state index in [1.54, 1.807) is 0 Å². The summed E-state index contributed by atoms with van der Waals surface area (Å²) in [4.78, 5) is 11.9. The lowest BCUT2D eigenvalue weighted by atomic mass is 9.80. The Labute approximate surface area is 99.9 Å². The zero-order valence-electron chi connectivity index (χ0n) is 10.1. The number of nitrogen functional groups attached to an aromatic ring is 1. The zero-order valence-corrected chi connectivity index (χ0v) is 10.1. The van der Waals surface area contributed by atoms with Gasteiger partial charge in [-0.15, -0.1) is 0 Å². The average Bonchev–Trinajstić information content (AvgIpc) is 2.68. The van der Waals surface area contributed by atoms with Gasteiger partial charge in [-0.2, -0.15) is 0 Å². The topological polar surface area (TPSA) is 94.0 Å². The molecule has 1 fully saturated rings. The molecule has 3 unspecified atom stereocenters. The van der Waals surface area contributed by atoms with Gasteiger partial charge in [0.2, 0.25) is 11.5 Å². The number of nitrogens with zero attached hydrogens (tertiary/aromatic N) is 2. The van der Waals surface area contributed by atoms with E-state index in [1.807, 2.05) is 0 Å². The molecule has 1 heterocycles. The van der Waals surface area contributed by atoms with Gasteiger partial charge in [0.15, 0.2) is 0 Å². The normalized spacial score (nSPS) is 28.9. The van der Waals surface area contributed by atoms with Crippen LogP contribution in [0.1, 0.15) is 43.6 Å². The van der Waals surface area contributed by atoms with Crippen molar-refractivity contribution in [1.82, 2.24) is 15.6 Å². The standard InChI is InChI=1S/C11H18N4O2/c1-6-3-4-8(7(2)5-6)13-11(16)9-10(12)15-17-14-9/h6-8H,3-5H2,1-2H3,(H2,12,15)(H,13,16). The number of hydrogen-bond donors (Lipinski definition) is 2. The summed E-state index contributed by atoms with van der Waals surface area (Å²) in [5.41, 5.74) is 5.55. The van der Waals surface area contributed by atoms with Crippen LogP contribution in [0.4, 0.5) is 5.82 Å². The number of carbonyl (C=O) groups is 1. The highest BCUT2D eigenvalue weighted by Gasteiger charge is 2.28. The molecule has 1 saturated carbocycles. The monoisotopic (exact) mass is 238 g/mol. The van der Waals surface area contributed by atoms with Crippen LogP contribution in [0.15, 0.2) is 4.63 Å². The summed E-state index contributed by atoms with van der Waals surface area (Å²) in [5, 5.41) is 9.84. The Hall–Kier alpha value is -1.59. The molecule has 1 aliphatic rings. The highest BCUT2D eigenvalue weighted by molar-refractivity contribution is 5.96. The fraction of sp³-hybridized carbons (Fsp3) is 0.727. The van der Waals surface area contributed by atoms with Crippen molar-refractivity contribution < 1.29 is 9.42 Å². The summed E-state index contributed by atoms with van der Waals surface area (Å²) in [7, 11) is 0. The number of rotatable bonds is 2. The molecule has 0 aromatic carbocycles. The first kappa shape index (κ1) is 11.9. The molecule has 3 N–H and O–H groups in total. The molecular formula is C11H18N4O2. The molecule has 1 aromatic heterocycles. The van der Waals surface area contributed by atoms with E-state index < -0.39 is 0 Å². The smallest absolute Gasteiger partial charge is 0.277 e. The molecule has 0 saturated heterocycles. The SMILES string of the molecule is CC1CCC(NC(=O)c2nonc2N)C(C)C1. The highest BCUT2D eigenvalue weighted by atomic mass is 16.6. The van der Waals surface area contributed by atoms with Crippen molar-refractivity contribution >= 4 is 11.7 Å². The fourth-order valence-electron chi connectivity index (χ4n) is 2.47. The van der Waals surface area contributed by atoms with Crippen LogP contribution in [0, 0.1) is 11.8 Å². The number of carbonyl (C=O) groups excluding carboxylic acids is 1. The molecule has 1 aromatic rings. The van der Waals surface area contributed by atoms with Gasteiger partial charge in [0.25, 0.3) is 5.91 Å². The maximum absolute atomic E-state index is 11.9. The van der Waals surface area contributed by atoms with Crippen LogP contribution in [0.3, 0.4) is 0 Å². The molecule has 6 heteroatoms. The van der Waals surface area contributed by atoms with Gasteiger partial charge < -0.3 is 11.1 Å². The lowest BCUT2D eigenvalue weighted by molar-refractivity contribution is 0.0890. The van der Waals surface area contributed by atoms with Crippen LogP contribution in [0.5, 0.6) is 0 Å². The van der Waals surface area contributed by atoms with Gasteiger partial charge in [-0.05, 0) is 41.4 Å². The van der Waals surface area contributed by atoms with Crippen molar-refractivity contribution in [3.8, 4) is 0 Å². The molecule has 0 spiro atoms. The van der Waals surface area contributed by atoms with Crippen molar-refractivity contribution in [2.24, 2.45) is 11.8 Å². The maximum atomic E-state index is 11.9. The second kappa shape index (κ2) is 4.73. The number of aromatic nitrogens is 2. The lowest BCUT2D eigenvalue weighted by Crippen LogP contribution is -2.42. The molecule has 6 nitrogen and oxygen atoms in total. The Morgan fingerprint density at radius 2 is 2.18 bits per heavy atom. The Bertz CT molecular complexity index is 404. The fourth-order valence-corrected chi connectivity index (χ4v) is 2.47. The molecule has 17 heavy (non-hydrogen) atoms. The van der Waals surface area contributed by atoms with E-state index in [1.165, 1.54) is 0 Å². The lowest BCUT2D eigenvalue weighted by Gasteiger charge is -2.32. The Morgan fingerprint density at radius 1 is 1.41 bits per heavy atom. The van der Waals surface area contributed by atoms with Crippen molar-refractivity contribution in [3.63, 3.8) is 0 Å². The second-order valence-corrected chi connectivity index (χ2v) is 4.97. The molecule has 1 amide bonds. The van der Waals surface area contributed by atoms with Crippen molar-refractivity contribution in [2.75, 3.05) is 5.73 Å². The number of nitrogens with one attached hydrogen (secondary N) is 1. The maximum Gasteiger partial charge on any atom is 0.277 e. The summed E-state index contributed by atoms with van der Waals surface area (Å²) in [6.45, 7) is 4.40. The van der Waals surface area contributed by atoms with Gasteiger partial charge in [-0.25, -0.2) is 4.63 Å². The van der Waals surface area contributed by atoms with Gasteiger partial charge in [0.1, 0.15) is 0 Å². The van der Waals surface area contributed by atoms with E-state index in [9.17, 15) is 4.79 Å². The van der Waals surface area contributed by atoms with E-state index in [2.05, 4.69) is 34.1 Å². The predicted octanol–water partition coefficient (Wildman–Crippen LogP) is 1.21. The van der Waals surface area contributed by atoms with Crippen LogP contribution in [0.2, 0.25) is 0 Å². The molecule has 0 bridgehead atoms. The minimum absolute atomic E-state index is 0.0410. The van der Waals surface area contributed by atoms with Crippen molar-refractivity contribution in [1.29, 1.82) is 0 Å². The summed E-state index contributed by atoms with van der Waals surface area (Å²) < 4.78 is 4.41. The van der Waals surface area contributed by atoms with Gasteiger partial charge in [0.05, 0.1) is 0 Å². The Balaban J connectivity index is 1.97. The van der Waals surface area contributed by atoms with Gasteiger partial charge >= 0.3 is 0 Å². The van der Waals surface area contributed by atoms with Crippen LogP contribution in [-0.4, -0.2) is 22.3 Å². The van der Waals surface area contributed by atoms with Gasteiger partial charge in [-0.1, -0.05) is 13.8 Å². The molecule has 0 aliphatic heterocycles. The first-order chi connectivity index (χ1) is 8.08. The quantitative estimate of drug-likeness (QED) is 0.807. The highest BCUT2D eigenvalue weighted by Crippen LogP contribution is 2.28. The van der Waals surface area contributed by atoms with Crippen LogP contribution >= 0.6 is 0 Å². The molecule has 94 valence electrons. The van der Waals surface area contributed by atoms with Gasteiger partial charge in [0, 0.05) is 6.04 Å². The molecular weight excluding hydrogens is 220 g/mol. The van der Waals surface area contributed by atoms with Crippen LogP contribution < -0.4 is 11.1 Å². The number of amides is 1. The molecule has 0 radical (unpaired) electrons. The van der Waals surface area contributed by atoms with Gasteiger partial charge in [-0.3, -0.25) is 4.79 Å². The van der Waals surface area contributed by atoms with Crippen LogP contribution in [0.25, 0.3) is 0 Å². The molecule has 1 aliphatic carbocycles. The predicted molar refractivity (Wildman–Crippen MR) is 62.1 cm³/mol. The minimum atomic E-state index is -0.296. The largest absolute Gasteiger partial charge is 0.379 e. The van der Waals surface area contributed by atoms with Crippen molar-refractivity contribution in [3.05, 3.63) is 5.69 Å². The molecule has 3 atom stereocenters. The van der Waals surface area contributed by atoms with Crippen LogP contribution in [-0.2, 0) is 0 Å². The van der Waals surface area contributed by atoms with E-state index >= 15 is 0 Å². The third-order valence-electron chi connectivity index (χ3n) is 3.48. The van der Waals surface area contributed by atoms with E-state index in [0.717, 1.165) is 25.2 Å². The second-order valence-electron chi connectivity index (χ2n) is 4.97. The zero-order chi connectivity index (χ0) is 12.4. The first-order valence-corrected chi connectivity index (χ1v) is 5.96. The van der Waals surface area contributed by atoms with E-state index in [0.29, 0.717) is 5.92 Å². The summed E-state index contributed by atoms with van der Waals surface area (Å²) in [6, 6.07) is 0.190. The first-order valence-electron chi connectivity index (χ1n) is 5.96. The average molecular weight is 238 g/mol. The van der Waals surface area contributed by atoms with E-state index in [4.69, 9.17) is 5.73 Å². The number of nitrogens with two attached hydrogens (primary N) is 1. The number of hydrogen-bond acceptors (Lipinski definition) is 5. The van der Waals surface area contributed by atoms with Crippen molar-refractivity contribution in [2.45, 2.75) is 39.2 Å². The third-order valence-corrected chi connectivity index (χ3v) is 3.48. The summed E-state index contributed by atoms with van der Waals surface area (Å²) >= 11 is 0. The Kier molecular flexibility index (Phi) is 3.31. The van der Waals surface area contributed by atoms with E-state index in [-0.39, 0.29) is 23.5 Å². The third kappa shape index (κ3) is 2.57. The Morgan fingerprint density at radius 3 is 2.76 bits per heavy atom. The molecule has 2 rings (SSSR count).